The number of halogens is 4. The average molecular weight is 442 g/mol. The second kappa shape index (κ2) is 6.43. The van der Waals surface area contributed by atoms with Gasteiger partial charge in [0.1, 0.15) is 5.70 Å². The van der Waals surface area contributed by atoms with E-state index in [4.69, 9.17) is 16.7 Å². The molecule has 0 unspecified atom stereocenters. The van der Waals surface area contributed by atoms with Gasteiger partial charge in [-0.2, -0.15) is 0 Å². The van der Waals surface area contributed by atoms with Crippen LogP contribution in [0.5, 0.6) is 0 Å². The van der Waals surface area contributed by atoms with Crippen molar-refractivity contribution in [3.8, 4) is 0 Å². The zero-order chi connectivity index (χ0) is 15.7. The summed E-state index contributed by atoms with van der Waals surface area (Å²) in [4.78, 5) is 24.5. The number of β-amino-alcohol motifs (C(OH)–C–C–N with tert-alkyl or cyclic N) is 1. The SMILES string of the molecule is O=C1C=C(Nc2c(Br)cc(Cl)c(F)c2Br)C(=O)N1CCO. The van der Waals surface area contributed by atoms with Crippen LogP contribution < -0.4 is 5.32 Å². The molecule has 5 nitrogen and oxygen atoms in total. The average Bonchev–Trinajstić information content (AvgIpc) is 2.69. The van der Waals surface area contributed by atoms with Crippen molar-refractivity contribution in [1.82, 2.24) is 4.90 Å². The Morgan fingerprint density at radius 1 is 1.38 bits per heavy atom. The molecule has 1 aromatic rings. The normalized spacial score (nSPS) is 14.7. The largest absolute Gasteiger partial charge is 0.395 e. The molecule has 9 heteroatoms. The van der Waals surface area contributed by atoms with E-state index in [9.17, 15) is 14.0 Å². The molecule has 0 radical (unpaired) electrons. The van der Waals surface area contributed by atoms with Gasteiger partial charge in [-0.05, 0) is 37.9 Å². The molecule has 0 bridgehead atoms. The van der Waals surface area contributed by atoms with Crippen LogP contribution in [0.3, 0.4) is 0 Å². The van der Waals surface area contributed by atoms with Crippen LogP contribution in [-0.4, -0.2) is 35.0 Å². The van der Waals surface area contributed by atoms with Crippen LogP contribution in [-0.2, 0) is 9.59 Å². The van der Waals surface area contributed by atoms with Gasteiger partial charge in [-0.3, -0.25) is 14.5 Å². The second-order valence-corrected chi connectivity index (χ2v) is 6.10. The van der Waals surface area contributed by atoms with E-state index in [-0.39, 0.29) is 34.0 Å². The summed E-state index contributed by atoms with van der Waals surface area (Å²) in [6.45, 7) is -0.432. The predicted octanol–water partition coefficient (Wildman–Crippen LogP) is 2.66. The molecule has 1 aliphatic rings. The van der Waals surface area contributed by atoms with Crippen molar-refractivity contribution in [1.29, 1.82) is 0 Å². The third kappa shape index (κ3) is 3.13. The van der Waals surface area contributed by atoms with Crippen LogP contribution in [0.1, 0.15) is 0 Å². The van der Waals surface area contributed by atoms with Gasteiger partial charge in [-0.25, -0.2) is 4.39 Å². The first-order valence-corrected chi connectivity index (χ1v) is 7.61. The van der Waals surface area contributed by atoms with E-state index in [0.717, 1.165) is 11.0 Å². The molecule has 0 atom stereocenters. The maximum atomic E-state index is 13.8. The summed E-state index contributed by atoms with van der Waals surface area (Å²) in [7, 11) is 0. The molecule has 21 heavy (non-hydrogen) atoms. The van der Waals surface area contributed by atoms with Crippen LogP contribution in [0.4, 0.5) is 10.1 Å². The lowest BCUT2D eigenvalue weighted by atomic mass is 10.3. The lowest BCUT2D eigenvalue weighted by Crippen LogP contribution is -2.34. The van der Waals surface area contributed by atoms with Gasteiger partial charge in [0.2, 0.25) is 0 Å². The number of carbonyl (C=O) groups excluding carboxylic acids is 2. The topological polar surface area (TPSA) is 69.6 Å². The smallest absolute Gasteiger partial charge is 0.277 e. The van der Waals surface area contributed by atoms with E-state index in [1.165, 1.54) is 6.07 Å². The Hall–Kier alpha value is -0.960. The van der Waals surface area contributed by atoms with Gasteiger partial charge in [0.15, 0.2) is 5.82 Å². The van der Waals surface area contributed by atoms with E-state index in [2.05, 4.69) is 37.2 Å². The molecular weight excluding hydrogens is 434 g/mol. The monoisotopic (exact) mass is 440 g/mol. The van der Waals surface area contributed by atoms with E-state index >= 15 is 0 Å². The lowest BCUT2D eigenvalue weighted by Gasteiger charge is -2.15. The Bertz CT molecular complexity index is 666. The summed E-state index contributed by atoms with van der Waals surface area (Å²) in [5.41, 5.74) is 0.215. The third-order valence-corrected chi connectivity index (χ3v) is 4.35. The Labute approximate surface area is 141 Å². The number of anilines is 1. The van der Waals surface area contributed by atoms with E-state index in [1.54, 1.807) is 0 Å². The van der Waals surface area contributed by atoms with Crippen molar-refractivity contribution < 1.29 is 19.1 Å². The summed E-state index contributed by atoms with van der Waals surface area (Å²) in [6, 6.07) is 1.33. The van der Waals surface area contributed by atoms with Crippen LogP contribution >= 0.6 is 43.5 Å². The standard InChI is InChI=1S/C12H8Br2ClFN2O3/c13-5-3-6(15)10(16)9(14)11(5)17-7-4-8(20)18(1-2-19)12(7)21/h3-4,17,19H,1-2H2. The van der Waals surface area contributed by atoms with Gasteiger partial charge in [0.25, 0.3) is 11.8 Å². The molecule has 1 heterocycles. The summed E-state index contributed by atoms with van der Waals surface area (Å²) in [5, 5.41) is 11.4. The molecule has 0 spiro atoms. The van der Waals surface area contributed by atoms with Gasteiger partial charge in [0.05, 0.1) is 28.3 Å². The van der Waals surface area contributed by atoms with Crippen LogP contribution in [0.2, 0.25) is 5.02 Å². The number of hydrogen-bond acceptors (Lipinski definition) is 4. The fourth-order valence-corrected chi connectivity index (χ4v) is 3.49. The van der Waals surface area contributed by atoms with E-state index in [1.807, 2.05) is 0 Å². The molecule has 0 saturated heterocycles. The van der Waals surface area contributed by atoms with Gasteiger partial charge in [0, 0.05) is 10.5 Å². The van der Waals surface area contributed by atoms with Crippen molar-refractivity contribution in [2.45, 2.75) is 0 Å². The Balaban J connectivity index is 2.32. The minimum absolute atomic E-state index is 0.0171. The molecule has 1 aromatic carbocycles. The number of carbonyl (C=O) groups is 2. The highest BCUT2D eigenvalue weighted by molar-refractivity contribution is 9.11. The van der Waals surface area contributed by atoms with Gasteiger partial charge >= 0.3 is 0 Å². The highest BCUT2D eigenvalue weighted by atomic mass is 79.9. The molecule has 0 aliphatic carbocycles. The Morgan fingerprint density at radius 3 is 2.67 bits per heavy atom. The van der Waals surface area contributed by atoms with Crippen molar-refractivity contribution >= 4 is 61.0 Å². The molecule has 2 amide bonds. The fraction of sp³-hybridized carbons (Fsp3) is 0.167. The number of aliphatic hydroxyl groups is 1. The molecule has 0 aromatic heterocycles. The van der Waals surface area contributed by atoms with Crippen molar-refractivity contribution in [2.75, 3.05) is 18.5 Å². The minimum atomic E-state index is -0.688. The second-order valence-electron chi connectivity index (χ2n) is 4.04. The van der Waals surface area contributed by atoms with Crippen molar-refractivity contribution in [2.24, 2.45) is 0 Å². The highest BCUT2D eigenvalue weighted by Crippen LogP contribution is 2.38. The fourth-order valence-electron chi connectivity index (χ4n) is 1.73. The molecule has 112 valence electrons. The maximum Gasteiger partial charge on any atom is 0.277 e. The summed E-state index contributed by atoms with van der Waals surface area (Å²) in [6.07, 6.45) is 1.09. The Morgan fingerprint density at radius 2 is 2.05 bits per heavy atom. The third-order valence-electron chi connectivity index (χ3n) is 2.71. The number of nitrogens with zero attached hydrogens (tertiary/aromatic N) is 1. The number of aliphatic hydroxyl groups excluding tert-OH is 1. The van der Waals surface area contributed by atoms with Gasteiger partial charge in [-0.15, -0.1) is 0 Å². The number of benzene rings is 1. The van der Waals surface area contributed by atoms with Gasteiger partial charge in [-0.1, -0.05) is 11.6 Å². The van der Waals surface area contributed by atoms with Crippen molar-refractivity contribution in [3.63, 3.8) is 0 Å². The summed E-state index contributed by atoms with van der Waals surface area (Å²) < 4.78 is 14.2. The number of hydrogen-bond donors (Lipinski definition) is 2. The summed E-state index contributed by atoms with van der Waals surface area (Å²) in [5.74, 6) is -1.83. The van der Waals surface area contributed by atoms with Crippen molar-refractivity contribution in [3.05, 3.63) is 37.6 Å². The first-order chi connectivity index (χ1) is 9.86. The highest BCUT2D eigenvalue weighted by Gasteiger charge is 2.31. The van der Waals surface area contributed by atoms with E-state index in [0.29, 0.717) is 4.47 Å². The number of nitrogens with one attached hydrogen (secondary N) is 1. The number of rotatable bonds is 4. The quantitative estimate of drug-likeness (QED) is 0.427. The first-order valence-electron chi connectivity index (χ1n) is 5.65. The molecule has 0 fully saturated rings. The zero-order valence-corrected chi connectivity index (χ0v) is 14.2. The van der Waals surface area contributed by atoms with Crippen LogP contribution in [0.15, 0.2) is 26.8 Å². The lowest BCUT2D eigenvalue weighted by molar-refractivity contribution is -0.137. The van der Waals surface area contributed by atoms with Crippen LogP contribution in [0, 0.1) is 5.82 Å². The molecule has 0 saturated carbocycles. The first kappa shape index (κ1) is 16.4. The molecule has 2 N–H and O–H groups in total. The van der Waals surface area contributed by atoms with Crippen LogP contribution in [0.25, 0.3) is 0 Å². The maximum absolute atomic E-state index is 13.8. The molecule has 2 rings (SSSR count). The predicted molar refractivity (Wildman–Crippen MR) is 82.3 cm³/mol. The molecule has 1 aliphatic heterocycles. The number of amides is 2. The minimum Gasteiger partial charge on any atom is -0.395 e. The molecular formula is C12H8Br2ClFN2O3. The van der Waals surface area contributed by atoms with E-state index < -0.39 is 17.6 Å². The van der Waals surface area contributed by atoms with Gasteiger partial charge < -0.3 is 10.4 Å². The summed E-state index contributed by atoms with van der Waals surface area (Å²) >= 11 is 11.9. The number of imide groups is 1. The Kier molecular flexibility index (Phi) is 5.03. The zero-order valence-electron chi connectivity index (χ0n) is 10.3.